The van der Waals surface area contributed by atoms with Crippen molar-refractivity contribution in [1.29, 1.82) is 0 Å². The summed E-state index contributed by atoms with van der Waals surface area (Å²) in [7, 11) is 4.48. The molecular weight excluding hydrogens is 256 g/mol. The van der Waals surface area contributed by atoms with Crippen LogP contribution in [0.25, 0.3) is 0 Å². The summed E-state index contributed by atoms with van der Waals surface area (Å²) in [5.74, 6) is 0.853. The Morgan fingerprint density at radius 2 is 1.71 bits per heavy atom. The Balaban J connectivity index is 2.89. The van der Waals surface area contributed by atoms with Gasteiger partial charge in [-0.1, -0.05) is 48.0 Å². The molecule has 21 heavy (non-hydrogen) atoms. The molecule has 1 fully saturated rings. The van der Waals surface area contributed by atoms with Gasteiger partial charge in [-0.3, -0.25) is 4.90 Å². The highest BCUT2D eigenvalue weighted by molar-refractivity contribution is 4.96. The Bertz CT molecular complexity index is 316. The Hall–Kier alpha value is -0.0800. The van der Waals surface area contributed by atoms with E-state index in [9.17, 15) is 0 Å². The molecular formula is C19H40N2. The number of hydrogen-bond acceptors (Lipinski definition) is 2. The molecule has 0 aromatic carbocycles. The predicted molar refractivity (Wildman–Crippen MR) is 94.7 cm³/mol. The summed E-state index contributed by atoms with van der Waals surface area (Å²) < 4.78 is 0. The molecule has 0 aromatic rings. The van der Waals surface area contributed by atoms with Gasteiger partial charge in [-0.15, -0.1) is 0 Å². The van der Waals surface area contributed by atoms with Crippen LogP contribution in [0.15, 0.2) is 0 Å². The minimum absolute atomic E-state index is 0.334. The molecule has 0 aromatic heterocycles. The van der Waals surface area contributed by atoms with Crippen LogP contribution in [0.4, 0.5) is 0 Å². The first-order valence-electron chi connectivity index (χ1n) is 8.93. The maximum absolute atomic E-state index is 3.59. The van der Waals surface area contributed by atoms with Crippen molar-refractivity contribution in [1.82, 2.24) is 10.2 Å². The number of nitrogens with one attached hydrogen (secondary N) is 1. The van der Waals surface area contributed by atoms with Crippen molar-refractivity contribution in [3.8, 4) is 0 Å². The SMILES string of the molecule is CCC(C)(C)C1CCC(NC)C(N(C)C(C)C(C)(C)C)C1. The number of likely N-dealkylation sites (N-methyl/N-ethyl adjacent to an activating group) is 2. The van der Waals surface area contributed by atoms with Crippen molar-refractivity contribution in [2.75, 3.05) is 14.1 Å². The van der Waals surface area contributed by atoms with E-state index in [0.717, 1.165) is 5.92 Å². The van der Waals surface area contributed by atoms with Crippen LogP contribution in [0.2, 0.25) is 0 Å². The zero-order valence-electron chi connectivity index (χ0n) is 16.1. The predicted octanol–water partition coefficient (Wildman–Crippen LogP) is 4.55. The summed E-state index contributed by atoms with van der Waals surface area (Å²) in [6.07, 6.45) is 5.31. The highest BCUT2D eigenvalue weighted by atomic mass is 15.2. The Morgan fingerprint density at radius 1 is 1.14 bits per heavy atom. The van der Waals surface area contributed by atoms with Gasteiger partial charge >= 0.3 is 0 Å². The lowest BCUT2D eigenvalue weighted by molar-refractivity contribution is 0.0199. The molecule has 0 amide bonds. The van der Waals surface area contributed by atoms with E-state index < -0.39 is 0 Å². The number of nitrogens with zero attached hydrogens (tertiary/aromatic N) is 1. The average molecular weight is 297 g/mol. The Morgan fingerprint density at radius 3 is 2.14 bits per heavy atom. The van der Waals surface area contributed by atoms with Crippen LogP contribution < -0.4 is 5.32 Å². The third-order valence-corrected chi connectivity index (χ3v) is 6.59. The van der Waals surface area contributed by atoms with Gasteiger partial charge in [-0.05, 0) is 57.0 Å². The third-order valence-electron chi connectivity index (χ3n) is 6.59. The summed E-state index contributed by atoms with van der Waals surface area (Å²) in [5.41, 5.74) is 0.809. The molecule has 0 spiro atoms. The lowest BCUT2D eigenvalue weighted by atomic mass is 9.67. The molecule has 0 heterocycles. The molecule has 0 bridgehead atoms. The fourth-order valence-electron chi connectivity index (χ4n) is 3.83. The first-order chi connectivity index (χ1) is 9.54. The maximum atomic E-state index is 3.59. The van der Waals surface area contributed by atoms with E-state index in [0.29, 0.717) is 29.0 Å². The van der Waals surface area contributed by atoms with Crippen molar-refractivity contribution >= 4 is 0 Å². The molecule has 0 aliphatic heterocycles. The lowest BCUT2D eigenvalue weighted by Crippen LogP contribution is -2.56. The van der Waals surface area contributed by atoms with Crippen molar-refractivity contribution in [3.63, 3.8) is 0 Å². The van der Waals surface area contributed by atoms with Gasteiger partial charge in [0.25, 0.3) is 0 Å². The summed E-state index contributed by atoms with van der Waals surface area (Å²) in [6.45, 7) is 16.7. The van der Waals surface area contributed by atoms with E-state index in [1.807, 2.05) is 0 Å². The van der Waals surface area contributed by atoms with Crippen LogP contribution in [0.3, 0.4) is 0 Å². The van der Waals surface area contributed by atoms with Crippen LogP contribution >= 0.6 is 0 Å². The van der Waals surface area contributed by atoms with Gasteiger partial charge in [0.1, 0.15) is 0 Å². The quantitative estimate of drug-likeness (QED) is 0.801. The minimum Gasteiger partial charge on any atom is -0.315 e. The molecule has 1 saturated carbocycles. The van der Waals surface area contributed by atoms with Crippen molar-refractivity contribution in [2.45, 2.75) is 92.3 Å². The van der Waals surface area contributed by atoms with Gasteiger partial charge in [-0.25, -0.2) is 0 Å². The highest BCUT2D eigenvalue weighted by Crippen LogP contribution is 2.42. The van der Waals surface area contributed by atoms with Crippen molar-refractivity contribution < 1.29 is 0 Å². The van der Waals surface area contributed by atoms with E-state index in [2.05, 4.69) is 72.8 Å². The van der Waals surface area contributed by atoms with Crippen LogP contribution in [-0.4, -0.2) is 37.1 Å². The lowest BCUT2D eigenvalue weighted by Gasteiger charge is -2.49. The molecule has 0 radical (unpaired) electrons. The molecule has 4 unspecified atom stereocenters. The minimum atomic E-state index is 0.334. The van der Waals surface area contributed by atoms with Crippen molar-refractivity contribution in [2.24, 2.45) is 16.7 Å². The normalized spacial score (nSPS) is 29.7. The average Bonchev–Trinajstić information content (AvgIpc) is 2.43. The van der Waals surface area contributed by atoms with Crippen LogP contribution in [0.5, 0.6) is 0 Å². The summed E-state index contributed by atoms with van der Waals surface area (Å²) in [6, 6.07) is 1.90. The van der Waals surface area contributed by atoms with E-state index in [1.165, 1.54) is 25.7 Å². The number of rotatable bonds is 5. The first kappa shape index (κ1) is 19.0. The topological polar surface area (TPSA) is 15.3 Å². The molecule has 2 heteroatoms. The smallest absolute Gasteiger partial charge is 0.0252 e. The zero-order chi connectivity index (χ0) is 16.4. The molecule has 2 nitrogen and oxygen atoms in total. The van der Waals surface area contributed by atoms with Crippen LogP contribution in [0, 0.1) is 16.7 Å². The monoisotopic (exact) mass is 296 g/mol. The zero-order valence-corrected chi connectivity index (χ0v) is 16.1. The first-order valence-corrected chi connectivity index (χ1v) is 8.93. The third kappa shape index (κ3) is 4.45. The summed E-state index contributed by atoms with van der Waals surface area (Å²) >= 11 is 0. The van der Waals surface area contributed by atoms with Crippen LogP contribution in [-0.2, 0) is 0 Å². The van der Waals surface area contributed by atoms with Gasteiger partial charge in [0.05, 0.1) is 0 Å². The molecule has 1 aliphatic rings. The van der Waals surface area contributed by atoms with Gasteiger partial charge in [-0.2, -0.15) is 0 Å². The second-order valence-electron chi connectivity index (χ2n) is 9.02. The Labute approximate surface area is 134 Å². The fraction of sp³-hybridized carbons (Fsp3) is 1.00. The van der Waals surface area contributed by atoms with Gasteiger partial charge in [0.2, 0.25) is 0 Å². The fourth-order valence-corrected chi connectivity index (χ4v) is 3.83. The van der Waals surface area contributed by atoms with Gasteiger partial charge in [0.15, 0.2) is 0 Å². The second kappa shape index (κ2) is 7.00. The van der Waals surface area contributed by atoms with Gasteiger partial charge in [0, 0.05) is 18.1 Å². The summed E-state index contributed by atoms with van der Waals surface area (Å²) in [4.78, 5) is 2.65. The highest BCUT2D eigenvalue weighted by Gasteiger charge is 2.40. The Kier molecular flexibility index (Phi) is 6.32. The molecule has 4 atom stereocenters. The van der Waals surface area contributed by atoms with Gasteiger partial charge < -0.3 is 5.32 Å². The summed E-state index contributed by atoms with van der Waals surface area (Å²) in [5, 5.41) is 3.59. The van der Waals surface area contributed by atoms with E-state index in [1.54, 1.807) is 0 Å². The molecule has 1 aliphatic carbocycles. The maximum Gasteiger partial charge on any atom is 0.0252 e. The second-order valence-corrected chi connectivity index (χ2v) is 9.02. The van der Waals surface area contributed by atoms with Crippen molar-refractivity contribution in [3.05, 3.63) is 0 Å². The van der Waals surface area contributed by atoms with E-state index >= 15 is 0 Å². The molecule has 126 valence electrons. The molecule has 1 rings (SSSR count). The van der Waals surface area contributed by atoms with E-state index in [4.69, 9.17) is 0 Å². The standard InChI is InChI=1S/C19H40N2/c1-10-19(6,7)15-11-12-16(20-8)17(13-15)21(9)14(2)18(3,4)5/h14-17,20H,10-13H2,1-9H3. The largest absolute Gasteiger partial charge is 0.315 e. The van der Waals surface area contributed by atoms with Crippen LogP contribution in [0.1, 0.15) is 74.1 Å². The molecule has 0 saturated heterocycles. The van der Waals surface area contributed by atoms with E-state index in [-0.39, 0.29) is 0 Å². The number of hydrogen-bond donors (Lipinski definition) is 1. The molecule has 1 N–H and O–H groups in total.